The topological polar surface area (TPSA) is 124 Å². The largest absolute Gasteiger partial charge is 0.436 e. The molecule has 56 heavy (non-hydrogen) atoms. The van der Waals surface area contributed by atoms with Gasteiger partial charge in [0.05, 0.1) is 5.52 Å². The molecule has 3 aromatic carbocycles. The molecule has 1 N–H and O–H groups in total. The summed E-state index contributed by atoms with van der Waals surface area (Å²) in [6, 6.07) is 22.6. The number of fused-ring (bicyclic) bond motifs is 2. The first-order valence-electron chi connectivity index (χ1n) is 20.2. The van der Waals surface area contributed by atoms with E-state index in [0.717, 1.165) is 74.4 Å². The molecule has 5 heterocycles. The monoisotopic (exact) mass is 763 g/mol. The molecule has 4 amide bonds. The van der Waals surface area contributed by atoms with E-state index in [0.29, 0.717) is 62.7 Å². The van der Waals surface area contributed by atoms with Crippen LogP contribution in [0.15, 0.2) is 75.9 Å². The summed E-state index contributed by atoms with van der Waals surface area (Å²) >= 11 is 0. The number of likely N-dealkylation sites (tertiary alicyclic amines) is 2. The van der Waals surface area contributed by atoms with Crippen molar-refractivity contribution in [2.45, 2.75) is 70.2 Å². The Morgan fingerprint density at radius 3 is 2.25 bits per heavy atom. The van der Waals surface area contributed by atoms with Crippen molar-refractivity contribution < 1.29 is 23.5 Å². The number of rotatable bonds is 8. The Morgan fingerprint density at radius 2 is 1.50 bits per heavy atom. The fraction of sp³-hybridized carbons (Fsp3) is 0.488. The fourth-order valence-corrected chi connectivity index (χ4v) is 9.18. The van der Waals surface area contributed by atoms with Crippen LogP contribution in [0.5, 0.6) is 0 Å². The minimum atomic E-state index is -1.05. The number of benzene rings is 3. The lowest BCUT2D eigenvalue weighted by atomic mass is 10.0. The van der Waals surface area contributed by atoms with Gasteiger partial charge in [-0.15, -0.1) is 0 Å². The molecule has 13 heteroatoms. The number of piperazine rings is 1. The van der Waals surface area contributed by atoms with Crippen LogP contribution in [-0.4, -0.2) is 124 Å². The standard InChI is InChI=1S/C43H53N7O6/c1-30-26-32(27-37-39(30)45(2)42(53)55-37)28-38(40(51)48-24-22-47(23-25-48)34-13-17-46(18-14-34)29-31-8-4-3-5-9-31)56-43(54)49-19-15-35(16-20-49)50-21-12-33-10-6-7-11-36(33)44-41(50)52/h3-11,26-27,34-35,38H,12-25,28-29H2,1-2H3,(H,44,52)/t38-/m1/s1. The number of hydrogen-bond donors (Lipinski definition) is 1. The van der Waals surface area contributed by atoms with E-state index in [1.807, 2.05) is 47.1 Å². The van der Waals surface area contributed by atoms with E-state index in [1.165, 1.54) is 10.1 Å². The van der Waals surface area contributed by atoms with Crippen molar-refractivity contribution >= 4 is 34.8 Å². The molecule has 3 saturated heterocycles. The lowest BCUT2D eigenvalue weighted by Crippen LogP contribution is -2.56. The van der Waals surface area contributed by atoms with Gasteiger partial charge >= 0.3 is 17.9 Å². The third kappa shape index (κ3) is 8.20. The van der Waals surface area contributed by atoms with Crippen molar-refractivity contribution in [2.75, 3.05) is 64.2 Å². The van der Waals surface area contributed by atoms with E-state index in [-0.39, 0.29) is 24.4 Å². The normalized spacial score (nSPS) is 19.8. The highest BCUT2D eigenvalue weighted by molar-refractivity contribution is 5.91. The molecule has 1 atom stereocenters. The van der Waals surface area contributed by atoms with E-state index in [2.05, 4.69) is 45.4 Å². The number of carbonyl (C=O) groups excluding carboxylic acids is 3. The number of para-hydroxylation sites is 1. The number of carbonyl (C=O) groups is 3. The second-order valence-corrected chi connectivity index (χ2v) is 15.9. The fourth-order valence-electron chi connectivity index (χ4n) is 9.18. The maximum Gasteiger partial charge on any atom is 0.419 e. The van der Waals surface area contributed by atoms with E-state index in [4.69, 9.17) is 9.15 Å². The van der Waals surface area contributed by atoms with Crippen LogP contribution in [0.1, 0.15) is 47.9 Å². The molecule has 0 radical (unpaired) electrons. The van der Waals surface area contributed by atoms with Crippen molar-refractivity contribution in [1.29, 1.82) is 0 Å². The molecule has 0 bridgehead atoms. The van der Waals surface area contributed by atoms with E-state index in [1.54, 1.807) is 18.0 Å². The van der Waals surface area contributed by atoms with Crippen LogP contribution in [0.25, 0.3) is 11.1 Å². The molecule has 8 rings (SSSR count). The van der Waals surface area contributed by atoms with Gasteiger partial charge in [0.1, 0.15) is 0 Å². The van der Waals surface area contributed by atoms with Crippen molar-refractivity contribution in [2.24, 2.45) is 7.05 Å². The number of piperidine rings is 2. The SMILES string of the molecule is Cc1cc(C[C@@H](OC(=O)N2CCC(N3CCc4ccccc4NC3=O)CC2)C(=O)N2CCN(C3CCN(Cc4ccccc4)CC3)CC2)cc2oc(=O)n(C)c12. The van der Waals surface area contributed by atoms with Crippen molar-refractivity contribution in [1.82, 2.24) is 29.1 Å². The zero-order valence-electron chi connectivity index (χ0n) is 32.5. The Bertz CT molecular complexity index is 2090. The molecule has 4 aromatic rings. The molecular weight excluding hydrogens is 711 g/mol. The van der Waals surface area contributed by atoms with Crippen LogP contribution in [0.2, 0.25) is 0 Å². The summed E-state index contributed by atoms with van der Waals surface area (Å²) in [6.45, 7) is 9.12. The zero-order valence-corrected chi connectivity index (χ0v) is 32.5. The van der Waals surface area contributed by atoms with E-state index in [9.17, 15) is 19.2 Å². The maximum atomic E-state index is 14.3. The first-order valence-corrected chi connectivity index (χ1v) is 20.2. The first kappa shape index (κ1) is 37.8. The Morgan fingerprint density at radius 1 is 0.804 bits per heavy atom. The number of nitrogens with zero attached hydrogens (tertiary/aromatic N) is 6. The minimum Gasteiger partial charge on any atom is -0.436 e. The molecule has 3 fully saturated rings. The average Bonchev–Trinajstić information content (AvgIpc) is 3.39. The number of anilines is 1. The van der Waals surface area contributed by atoms with Crippen LogP contribution in [0.4, 0.5) is 15.3 Å². The second-order valence-electron chi connectivity index (χ2n) is 15.9. The average molecular weight is 764 g/mol. The molecule has 0 aliphatic carbocycles. The Hall–Kier alpha value is -5.14. The van der Waals surface area contributed by atoms with Crippen LogP contribution in [0, 0.1) is 6.92 Å². The number of hydrogen-bond acceptors (Lipinski definition) is 8. The molecule has 4 aliphatic heterocycles. The van der Waals surface area contributed by atoms with Gasteiger partial charge in [0.25, 0.3) is 5.91 Å². The third-order valence-electron chi connectivity index (χ3n) is 12.3. The highest BCUT2D eigenvalue weighted by atomic mass is 16.6. The summed E-state index contributed by atoms with van der Waals surface area (Å²) in [4.78, 5) is 64.1. The summed E-state index contributed by atoms with van der Waals surface area (Å²) < 4.78 is 13.1. The van der Waals surface area contributed by atoms with Gasteiger partial charge in [0.2, 0.25) is 0 Å². The molecule has 0 spiro atoms. The molecule has 0 unspecified atom stereocenters. The summed E-state index contributed by atoms with van der Waals surface area (Å²) in [7, 11) is 1.67. The molecular formula is C43H53N7O6. The third-order valence-corrected chi connectivity index (χ3v) is 12.3. The van der Waals surface area contributed by atoms with Crippen LogP contribution in [0.3, 0.4) is 0 Å². The number of oxazole rings is 1. The van der Waals surface area contributed by atoms with Gasteiger partial charge in [-0.05, 0) is 86.5 Å². The maximum absolute atomic E-state index is 14.3. The summed E-state index contributed by atoms with van der Waals surface area (Å²) in [5.41, 5.74) is 6.04. The molecule has 1 aromatic heterocycles. The lowest BCUT2D eigenvalue weighted by Gasteiger charge is -2.43. The molecule has 13 nitrogen and oxygen atoms in total. The van der Waals surface area contributed by atoms with E-state index < -0.39 is 18.0 Å². The van der Waals surface area contributed by atoms with Crippen LogP contribution < -0.4 is 11.1 Å². The van der Waals surface area contributed by atoms with Crippen LogP contribution >= 0.6 is 0 Å². The predicted octanol–water partition coefficient (Wildman–Crippen LogP) is 4.85. The zero-order chi connectivity index (χ0) is 38.8. The summed E-state index contributed by atoms with van der Waals surface area (Å²) in [6.07, 6.45) is 2.79. The van der Waals surface area contributed by atoms with Gasteiger partial charge in [-0.2, -0.15) is 0 Å². The number of nitrogens with one attached hydrogen (secondary N) is 1. The summed E-state index contributed by atoms with van der Waals surface area (Å²) in [5.74, 6) is -0.664. The summed E-state index contributed by atoms with van der Waals surface area (Å²) in [5, 5.41) is 3.06. The van der Waals surface area contributed by atoms with Crippen molar-refractivity contribution in [3.8, 4) is 0 Å². The van der Waals surface area contributed by atoms with E-state index >= 15 is 0 Å². The number of amides is 4. The highest BCUT2D eigenvalue weighted by Gasteiger charge is 2.36. The van der Waals surface area contributed by atoms with Gasteiger partial charge in [-0.3, -0.25) is 19.2 Å². The molecule has 4 aliphatic rings. The Balaban J connectivity index is 0.902. The number of ether oxygens (including phenoxy) is 1. The second kappa shape index (κ2) is 16.5. The van der Waals surface area contributed by atoms with Gasteiger partial charge in [0, 0.05) is 83.6 Å². The minimum absolute atomic E-state index is 0.00610. The molecule has 0 saturated carbocycles. The molecule has 296 valence electrons. The van der Waals surface area contributed by atoms with Crippen molar-refractivity contribution in [3.05, 3.63) is 99.5 Å². The quantitative estimate of drug-likeness (QED) is 0.271. The first-order chi connectivity index (χ1) is 27.2. The smallest absolute Gasteiger partial charge is 0.419 e. The van der Waals surface area contributed by atoms with Crippen molar-refractivity contribution in [3.63, 3.8) is 0 Å². The van der Waals surface area contributed by atoms with Crippen LogP contribution in [-0.2, 0) is 36.0 Å². The van der Waals surface area contributed by atoms with Gasteiger partial charge in [-0.1, -0.05) is 54.6 Å². The Labute approximate surface area is 327 Å². The Kier molecular flexibility index (Phi) is 11.1. The predicted molar refractivity (Wildman–Crippen MR) is 214 cm³/mol. The highest BCUT2D eigenvalue weighted by Crippen LogP contribution is 2.27. The van der Waals surface area contributed by atoms with Gasteiger partial charge in [-0.25, -0.2) is 14.4 Å². The van der Waals surface area contributed by atoms with Gasteiger partial charge in [0.15, 0.2) is 11.7 Å². The number of urea groups is 1. The lowest BCUT2D eigenvalue weighted by molar-refractivity contribution is -0.143. The number of aryl methyl sites for hydroxylation is 2. The number of aromatic nitrogens is 1. The van der Waals surface area contributed by atoms with Gasteiger partial charge < -0.3 is 29.2 Å².